The molecule has 3 aromatic carbocycles. The first kappa shape index (κ1) is 23.8. The first-order valence-corrected chi connectivity index (χ1v) is 11.0. The molecule has 0 unspecified atom stereocenters. The Hall–Kier alpha value is -3.89. The lowest BCUT2D eigenvalue weighted by Crippen LogP contribution is -2.13. The summed E-state index contributed by atoms with van der Waals surface area (Å²) in [6.45, 7) is 2.45. The van der Waals surface area contributed by atoms with Gasteiger partial charge in [-0.15, -0.1) is 0 Å². The predicted molar refractivity (Wildman–Crippen MR) is 130 cm³/mol. The number of ether oxygens (including phenoxy) is 2. The highest BCUT2D eigenvalue weighted by Gasteiger charge is 2.11. The number of nitrogens with zero attached hydrogens (tertiary/aromatic N) is 1. The second-order valence-corrected chi connectivity index (χ2v) is 7.82. The summed E-state index contributed by atoms with van der Waals surface area (Å²) >= 11 is 3.40. The van der Waals surface area contributed by atoms with E-state index < -0.39 is 11.9 Å². The van der Waals surface area contributed by atoms with E-state index in [-0.39, 0.29) is 12.2 Å². The summed E-state index contributed by atoms with van der Waals surface area (Å²) in [5.74, 6) is -0.297. The molecule has 0 aliphatic heterocycles. The highest BCUT2D eigenvalue weighted by atomic mass is 79.9. The van der Waals surface area contributed by atoms with Crippen molar-refractivity contribution in [3.05, 3.63) is 99.5 Å². The lowest BCUT2D eigenvalue weighted by Gasteiger charge is -2.07. The number of amides is 1. The van der Waals surface area contributed by atoms with Crippen LogP contribution in [0.15, 0.2) is 82.8 Å². The van der Waals surface area contributed by atoms with Crippen LogP contribution in [0.4, 0.5) is 5.69 Å². The monoisotopic (exact) mass is 504 g/mol. The van der Waals surface area contributed by atoms with Crippen LogP contribution in [0.2, 0.25) is 0 Å². The Bertz CT molecular complexity index is 1180. The van der Waals surface area contributed by atoms with Crippen LogP contribution in [0.25, 0.3) is 6.08 Å². The van der Waals surface area contributed by atoms with E-state index in [2.05, 4.69) is 21.2 Å². The van der Waals surface area contributed by atoms with Crippen LogP contribution >= 0.6 is 15.9 Å². The van der Waals surface area contributed by atoms with E-state index in [0.29, 0.717) is 29.2 Å². The van der Waals surface area contributed by atoms with Crippen molar-refractivity contribution < 1.29 is 19.1 Å². The third-order valence-electron chi connectivity index (χ3n) is 4.53. The molecule has 7 heteroatoms. The van der Waals surface area contributed by atoms with Gasteiger partial charge < -0.3 is 14.8 Å². The van der Waals surface area contributed by atoms with Crippen molar-refractivity contribution >= 4 is 39.6 Å². The van der Waals surface area contributed by atoms with Gasteiger partial charge in [0, 0.05) is 10.2 Å². The number of anilines is 1. The van der Waals surface area contributed by atoms with Gasteiger partial charge in [-0.2, -0.15) is 5.26 Å². The highest BCUT2D eigenvalue weighted by molar-refractivity contribution is 9.10. The Labute approximate surface area is 200 Å². The molecule has 0 aromatic heterocycles. The van der Waals surface area contributed by atoms with E-state index in [9.17, 15) is 14.9 Å². The second-order valence-electron chi connectivity index (χ2n) is 6.91. The lowest BCUT2D eigenvalue weighted by atomic mass is 10.1. The van der Waals surface area contributed by atoms with Crippen molar-refractivity contribution in [2.75, 3.05) is 11.9 Å². The summed E-state index contributed by atoms with van der Waals surface area (Å²) in [6.07, 6.45) is 1.50. The first-order valence-electron chi connectivity index (χ1n) is 10.2. The minimum Gasteiger partial charge on any atom is -0.489 e. The average molecular weight is 505 g/mol. The fourth-order valence-corrected chi connectivity index (χ4v) is 3.09. The summed E-state index contributed by atoms with van der Waals surface area (Å²) in [7, 11) is 0. The summed E-state index contributed by atoms with van der Waals surface area (Å²) in [4.78, 5) is 24.2. The molecule has 0 fully saturated rings. The minimum atomic E-state index is -0.544. The van der Waals surface area contributed by atoms with Crippen molar-refractivity contribution in [3.63, 3.8) is 0 Å². The molecule has 0 saturated heterocycles. The van der Waals surface area contributed by atoms with Gasteiger partial charge in [-0.3, -0.25) is 4.79 Å². The molecule has 0 saturated carbocycles. The van der Waals surface area contributed by atoms with Crippen molar-refractivity contribution in [3.8, 4) is 11.8 Å². The van der Waals surface area contributed by atoms with E-state index in [1.165, 1.54) is 6.08 Å². The first-order chi connectivity index (χ1) is 16.0. The van der Waals surface area contributed by atoms with Crippen LogP contribution in [0.5, 0.6) is 5.75 Å². The molecule has 0 aliphatic rings. The summed E-state index contributed by atoms with van der Waals surface area (Å²) in [6, 6.07) is 23.2. The van der Waals surface area contributed by atoms with Crippen LogP contribution in [-0.4, -0.2) is 18.5 Å². The smallest absolute Gasteiger partial charge is 0.338 e. The number of nitrogens with one attached hydrogen (secondary N) is 1. The number of rotatable bonds is 8. The van der Waals surface area contributed by atoms with Gasteiger partial charge in [0.1, 0.15) is 24.0 Å². The van der Waals surface area contributed by atoms with Gasteiger partial charge in [-0.25, -0.2) is 4.79 Å². The summed E-state index contributed by atoms with van der Waals surface area (Å²) in [5, 5.41) is 12.1. The molecule has 0 aliphatic carbocycles. The number of carbonyl (C=O) groups excluding carboxylic acids is 2. The predicted octanol–water partition coefficient (Wildman–Crippen LogP) is 5.75. The van der Waals surface area contributed by atoms with E-state index in [1.54, 1.807) is 55.5 Å². The largest absolute Gasteiger partial charge is 0.489 e. The number of halogens is 1. The average Bonchev–Trinajstić information content (AvgIpc) is 2.83. The van der Waals surface area contributed by atoms with Crippen LogP contribution < -0.4 is 10.1 Å². The molecule has 166 valence electrons. The zero-order valence-electron chi connectivity index (χ0n) is 17.9. The highest BCUT2D eigenvalue weighted by Crippen LogP contribution is 2.18. The quantitative estimate of drug-likeness (QED) is 0.239. The minimum absolute atomic E-state index is 0.0481. The van der Waals surface area contributed by atoms with Gasteiger partial charge in [0.2, 0.25) is 0 Å². The van der Waals surface area contributed by atoms with Gasteiger partial charge in [0.25, 0.3) is 5.91 Å². The van der Waals surface area contributed by atoms with Crippen LogP contribution in [0.1, 0.15) is 28.4 Å². The van der Waals surface area contributed by atoms with Crippen LogP contribution in [0, 0.1) is 11.3 Å². The van der Waals surface area contributed by atoms with Crippen molar-refractivity contribution in [1.82, 2.24) is 0 Å². The number of hydrogen-bond donors (Lipinski definition) is 1. The van der Waals surface area contributed by atoms with E-state index >= 15 is 0 Å². The Morgan fingerprint density at radius 2 is 1.67 bits per heavy atom. The molecule has 0 atom stereocenters. The van der Waals surface area contributed by atoms with E-state index in [1.807, 2.05) is 30.3 Å². The Balaban J connectivity index is 1.61. The number of esters is 1. The third kappa shape index (κ3) is 7.06. The Morgan fingerprint density at radius 3 is 2.27 bits per heavy atom. The SMILES string of the molecule is CCOC(=O)c1ccc(NC(=O)/C(C#N)=C/c2ccc(OCc3ccc(Br)cc3)cc2)cc1. The van der Waals surface area contributed by atoms with Crippen molar-refractivity contribution in [1.29, 1.82) is 5.26 Å². The zero-order valence-corrected chi connectivity index (χ0v) is 19.5. The fraction of sp³-hybridized carbons (Fsp3) is 0.115. The maximum absolute atomic E-state index is 12.5. The van der Waals surface area contributed by atoms with Gasteiger partial charge in [-0.05, 0) is 72.7 Å². The van der Waals surface area contributed by atoms with Crippen molar-refractivity contribution in [2.24, 2.45) is 0 Å². The normalized spacial score (nSPS) is 10.8. The fourth-order valence-electron chi connectivity index (χ4n) is 2.83. The molecule has 1 N–H and O–H groups in total. The molecule has 3 aromatic rings. The maximum Gasteiger partial charge on any atom is 0.338 e. The topological polar surface area (TPSA) is 88.4 Å². The third-order valence-corrected chi connectivity index (χ3v) is 5.06. The van der Waals surface area contributed by atoms with Crippen LogP contribution in [0.3, 0.4) is 0 Å². The molecule has 0 heterocycles. The summed E-state index contributed by atoms with van der Waals surface area (Å²) < 4.78 is 11.7. The second kappa shape index (κ2) is 11.7. The molecule has 0 bridgehead atoms. The maximum atomic E-state index is 12.5. The lowest BCUT2D eigenvalue weighted by molar-refractivity contribution is -0.112. The van der Waals surface area contributed by atoms with Crippen LogP contribution in [-0.2, 0) is 16.1 Å². The summed E-state index contributed by atoms with van der Waals surface area (Å²) in [5.41, 5.74) is 2.53. The molecular formula is C26H21BrN2O4. The zero-order chi connectivity index (χ0) is 23.6. The number of nitriles is 1. The van der Waals surface area contributed by atoms with Gasteiger partial charge >= 0.3 is 5.97 Å². The van der Waals surface area contributed by atoms with Gasteiger partial charge in [0.15, 0.2) is 0 Å². The van der Waals surface area contributed by atoms with Crippen molar-refractivity contribution in [2.45, 2.75) is 13.5 Å². The van der Waals surface area contributed by atoms with Gasteiger partial charge in [0.05, 0.1) is 12.2 Å². The molecule has 6 nitrogen and oxygen atoms in total. The number of benzene rings is 3. The molecule has 1 amide bonds. The molecule has 33 heavy (non-hydrogen) atoms. The molecule has 3 rings (SSSR count). The standard InChI is InChI=1S/C26H21BrN2O4/c1-2-32-26(31)20-7-11-23(12-8-20)29-25(30)21(16-28)15-18-5-13-24(14-6-18)33-17-19-3-9-22(27)10-4-19/h3-15H,2,17H2,1H3,(H,29,30)/b21-15+. The van der Waals surface area contributed by atoms with E-state index in [4.69, 9.17) is 9.47 Å². The Kier molecular flexibility index (Phi) is 8.39. The van der Waals surface area contributed by atoms with E-state index in [0.717, 1.165) is 10.0 Å². The van der Waals surface area contributed by atoms with Gasteiger partial charge in [-0.1, -0.05) is 40.2 Å². The number of carbonyl (C=O) groups is 2. The Morgan fingerprint density at radius 1 is 1.00 bits per heavy atom. The molecule has 0 radical (unpaired) electrons. The number of hydrogen-bond acceptors (Lipinski definition) is 5. The molecular weight excluding hydrogens is 484 g/mol. The molecule has 0 spiro atoms.